The molecule has 0 atom stereocenters. The molecule has 0 fully saturated rings. The van der Waals surface area contributed by atoms with Gasteiger partial charge in [0.25, 0.3) is 0 Å². The molecular weight excluding hydrogens is 190 g/mol. The van der Waals surface area contributed by atoms with Crippen molar-refractivity contribution in [1.82, 2.24) is 5.32 Å². The average molecular weight is 209 g/mol. The summed E-state index contributed by atoms with van der Waals surface area (Å²) in [6.45, 7) is 4.49. The van der Waals surface area contributed by atoms with E-state index in [1.807, 2.05) is 25.1 Å². The Balaban J connectivity index is 2.28. The van der Waals surface area contributed by atoms with E-state index >= 15 is 0 Å². The molecule has 0 aliphatic rings. The van der Waals surface area contributed by atoms with Crippen LogP contribution in [0.15, 0.2) is 18.2 Å². The molecule has 15 heavy (non-hydrogen) atoms. The molecule has 1 aromatic rings. The first kappa shape index (κ1) is 11.8. The number of hydrogen-bond donors (Lipinski definition) is 4. The lowest BCUT2D eigenvalue weighted by Gasteiger charge is -2.08. The number of aliphatic hydroxyl groups is 1. The van der Waals surface area contributed by atoms with Gasteiger partial charge >= 0.3 is 0 Å². The summed E-state index contributed by atoms with van der Waals surface area (Å²) in [4.78, 5) is 0. The maximum atomic E-state index is 8.55. The Hall–Kier alpha value is -1.26. The molecule has 0 spiro atoms. The topological polar surface area (TPSA) is 70.3 Å². The lowest BCUT2D eigenvalue weighted by Crippen LogP contribution is -2.24. The van der Waals surface area contributed by atoms with Crippen LogP contribution in [0.25, 0.3) is 0 Å². The van der Waals surface area contributed by atoms with Crippen LogP contribution in [0.3, 0.4) is 0 Å². The van der Waals surface area contributed by atoms with E-state index in [9.17, 15) is 0 Å². The molecule has 0 saturated heterocycles. The van der Waals surface area contributed by atoms with Crippen molar-refractivity contribution in [3.63, 3.8) is 0 Å². The molecule has 1 rings (SSSR count). The summed E-state index contributed by atoms with van der Waals surface area (Å²) in [5.74, 6) is 0. The maximum Gasteiger partial charge on any atom is 0.0555 e. The third-order valence-corrected chi connectivity index (χ3v) is 2.19. The van der Waals surface area contributed by atoms with Crippen LogP contribution in [-0.4, -0.2) is 31.3 Å². The summed E-state index contributed by atoms with van der Waals surface area (Å²) in [5, 5.41) is 14.9. The van der Waals surface area contributed by atoms with Crippen LogP contribution >= 0.6 is 0 Å². The van der Waals surface area contributed by atoms with Crippen molar-refractivity contribution < 1.29 is 5.11 Å². The van der Waals surface area contributed by atoms with Gasteiger partial charge in [0, 0.05) is 31.0 Å². The summed E-state index contributed by atoms with van der Waals surface area (Å²) in [5.41, 5.74) is 8.70. The fourth-order valence-electron chi connectivity index (χ4n) is 1.28. The van der Waals surface area contributed by atoms with Gasteiger partial charge in [-0.05, 0) is 30.7 Å². The number of aliphatic hydroxyl groups excluding tert-OH is 1. The van der Waals surface area contributed by atoms with E-state index in [1.165, 1.54) is 0 Å². The number of rotatable bonds is 6. The minimum Gasteiger partial charge on any atom is -0.399 e. The summed E-state index contributed by atoms with van der Waals surface area (Å²) in [6.07, 6.45) is 0. The molecule has 0 bridgehead atoms. The summed E-state index contributed by atoms with van der Waals surface area (Å²) >= 11 is 0. The van der Waals surface area contributed by atoms with E-state index < -0.39 is 0 Å². The number of nitrogens with two attached hydrogens (primary N) is 1. The van der Waals surface area contributed by atoms with Gasteiger partial charge in [-0.25, -0.2) is 0 Å². The first-order valence-corrected chi connectivity index (χ1v) is 5.15. The van der Waals surface area contributed by atoms with Crippen molar-refractivity contribution >= 4 is 11.4 Å². The molecule has 84 valence electrons. The Labute approximate surface area is 90.5 Å². The SMILES string of the molecule is Cc1cc(NCCNCCO)ccc1N. The number of nitrogens with one attached hydrogen (secondary N) is 2. The Kier molecular flexibility index (Phi) is 4.93. The van der Waals surface area contributed by atoms with Gasteiger partial charge in [-0.15, -0.1) is 0 Å². The highest BCUT2D eigenvalue weighted by atomic mass is 16.3. The van der Waals surface area contributed by atoms with E-state index in [1.54, 1.807) is 0 Å². The van der Waals surface area contributed by atoms with Crippen molar-refractivity contribution in [2.75, 3.05) is 37.3 Å². The van der Waals surface area contributed by atoms with Crippen LogP contribution in [0.4, 0.5) is 11.4 Å². The monoisotopic (exact) mass is 209 g/mol. The molecule has 0 amide bonds. The number of anilines is 2. The highest BCUT2D eigenvalue weighted by molar-refractivity contribution is 5.56. The predicted molar refractivity (Wildman–Crippen MR) is 64.0 cm³/mol. The van der Waals surface area contributed by atoms with Gasteiger partial charge in [-0.3, -0.25) is 0 Å². The van der Waals surface area contributed by atoms with Crippen molar-refractivity contribution in [2.45, 2.75) is 6.92 Å². The molecule has 0 saturated carbocycles. The second kappa shape index (κ2) is 6.27. The minimum absolute atomic E-state index is 0.182. The fraction of sp³-hybridized carbons (Fsp3) is 0.455. The van der Waals surface area contributed by atoms with Crippen LogP contribution in [0.2, 0.25) is 0 Å². The quantitative estimate of drug-likeness (QED) is 0.408. The van der Waals surface area contributed by atoms with E-state index in [0.29, 0.717) is 6.54 Å². The molecular formula is C11H19N3O. The standard InChI is InChI=1S/C11H19N3O/c1-9-8-10(2-3-11(9)12)14-5-4-13-6-7-15/h2-3,8,13-15H,4-7,12H2,1H3. The van der Waals surface area contributed by atoms with Crippen LogP contribution < -0.4 is 16.4 Å². The van der Waals surface area contributed by atoms with Crippen molar-refractivity contribution in [3.8, 4) is 0 Å². The number of aryl methyl sites for hydroxylation is 1. The fourth-order valence-corrected chi connectivity index (χ4v) is 1.28. The molecule has 0 heterocycles. The smallest absolute Gasteiger partial charge is 0.0555 e. The van der Waals surface area contributed by atoms with Gasteiger partial charge in [-0.1, -0.05) is 0 Å². The molecule has 5 N–H and O–H groups in total. The first-order valence-electron chi connectivity index (χ1n) is 5.15. The molecule has 4 heteroatoms. The molecule has 0 aliphatic heterocycles. The predicted octanol–water partition coefficient (Wildman–Crippen LogP) is 0.571. The number of hydrogen-bond acceptors (Lipinski definition) is 4. The van der Waals surface area contributed by atoms with Gasteiger partial charge in [0.1, 0.15) is 0 Å². The highest BCUT2D eigenvalue weighted by Gasteiger charge is 1.95. The van der Waals surface area contributed by atoms with Crippen LogP contribution in [0.5, 0.6) is 0 Å². The lowest BCUT2D eigenvalue weighted by atomic mass is 10.2. The summed E-state index contributed by atoms with van der Waals surface area (Å²) in [6, 6.07) is 5.90. The van der Waals surface area contributed by atoms with Crippen LogP contribution in [0.1, 0.15) is 5.56 Å². The zero-order valence-corrected chi connectivity index (χ0v) is 9.09. The van der Waals surface area contributed by atoms with E-state index in [-0.39, 0.29) is 6.61 Å². The highest BCUT2D eigenvalue weighted by Crippen LogP contribution is 2.15. The summed E-state index contributed by atoms with van der Waals surface area (Å²) in [7, 11) is 0. The Morgan fingerprint density at radius 1 is 1.27 bits per heavy atom. The maximum absolute atomic E-state index is 8.55. The van der Waals surface area contributed by atoms with Crippen molar-refractivity contribution in [2.24, 2.45) is 0 Å². The minimum atomic E-state index is 0.182. The zero-order valence-electron chi connectivity index (χ0n) is 9.09. The molecule has 0 unspecified atom stereocenters. The molecule has 0 aliphatic carbocycles. The van der Waals surface area contributed by atoms with Gasteiger partial charge < -0.3 is 21.5 Å². The Morgan fingerprint density at radius 2 is 2.07 bits per heavy atom. The van der Waals surface area contributed by atoms with Gasteiger partial charge in [0.15, 0.2) is 0 Å². The van der Waals surface area contributed by atoms with Crippen molar-refractivity contribution in [1.29, 1.82) is 0 Å². The normalized spacial score (nSPS) is 10.3. The second-order valence-corrected chi connectivity index (χ2v) is 3.47. The van der Waals surface area contributed by atoms with E-state index in [0.717, 1.165) is 30.0 Å². The van der Waals surface area contributed by atoms with Gasteiger partial charge in [-0.2, -0.15) is 0 Å². The van der Waals surface area contributed by atoms with Crippen LogP contribution in [-0.2, 0) is 0 Å². The average Bonchev–Trinajstić information content (AvgIpc) is 2.23. The van der Waals surface area contributed by atoms with E-state index in [4.69, 9.17) is 10.8 Å². The largest absolute Gasteiger partial charge is 0.399 e. The molecule has 4 nitrogen and oxygen atoms in total. The van der Waals surface area contributed by atoms with Crippen LogP contribution in [0, 0.1) is 6.92 Å². The third kappa shape index (κ3) is 4.18. The first-order chi connectivity index (χ1) is 7.24. The number of nitrogen functional groups attached to an aromatic ring is 1. The molecule has 0 radical (unpaired) electrons. The summed E-state index contributed by atoms with van der Waals surface area (Å²) < 4.78 is 0. The molecule has 1 aromatic carbocycles. The Morgan fingerprint density at radius 3 is 2.73 bits per heavy atom. The van der Waals surface area contributed by atoms with Gasteiger partial charge in [0.2, 0.25) is 0 Å². The van der Waals surface area contributed by atoms with Gasteiger partial charge in [0.05, 0.1) is 6.61 Å². The Bertz CT molecular complexity index is 302. The lowest BCUT2D eigenvalue weighted by molar-refractivity contribution is 0.293. The third-order valence-electron chi connectivity index (χ3n) is 2.19. The second-order valence-electron chi connectivity index (χ2n) is 3.47. The zero-order chi connectivity index (χ0) is 11.1. The van der Waals surface area contributed by atoms with E-state index in [2.05, 4.69) is 10.6 Å². The number of benzene rings is 1. The molecule has 0 aromatic heterocycles. The van der Waals surface area contributed by atoms with Crippen molar-refractivity contribution in [3.05, 3.63) is 23.8 Å².